The minimum absolute atomic E-state index is 0.00971. The molecule has 4 rings (SSSR count). The highest BCUT2D eigenvalue weighted by atomic mass is 16.2. The van der Waals surface area contributed by atoms with Gasteiger partial charge in [0.05, 0.1) is 16.9 Å². The van der Waals surface area contributed by atoms with E-state index in [4.69, 9.17) is 0 Å². The number of rotatable bonds is 2. The van der Waals surface area contributed by atoms with Crippen molar-refractivity contribution in [1.29, 1.82) is 0 Å². The van der Waals surface area contributed by atoms with Gasteiger partial charge in [-0.05, 0) is 42.7 Å². The molecule has 1 atom stereocenters. The van der Waals surface area contributed by atoms with Crippen molar-refractivity contribution >= 4 is 22.5 Å². The minimum atomic E-state index is -0.428. The third-order valence-corrected chi connectivity index (χ3v) is 4.73. The molecule has 0 saturated heterocycles. The molecule has 0 bridgehead atoms. The quantitative estimate of drug-likeness (QED) is 0.753. The van der Waals surface area contributed by atoms with Crippen molar-refractivity contribution in [2.45, 2.75) is 25.8 Å². The molecule has 2 N–H and O–H groups in total. The number of aromatic nitrogens is 2. The van der Waals surface area contributed by atoms with E-state index in [1.807, 2.05) is 25.1 Å². The lowest BCUT2D eigenvalue weighted by Gasteiger charge is -2.20. The first-order valence-electron chi connectivity index (χ1n) is 8.21. The number of carbonyl (C=O) groups is 1. The first-order valence-corrected chi connectivity index (χ1v) is 8.21. The summed E-state index contributed by atoms with van der Waals surface area (Å²) in [6.45, 7) is 1.83. The number of nitrogens with zero attached hydrogens (tertiary/aromatic N) is 1. The van der Waals surface area contributed by atoms with E-state index in [1.165, 1.54) is 4.57 Å². The summed E-state index contributed by atoms with van der Waals surface area (Å²) in [6, 6.07) is 12.2. The molecule has 6 nitrogen and oxygen atoms in total. The maximum atomic E-state index is 12.8. The van der Waals surface area contributed by atoms with Crippen LogP contribution in [0.1, 0.15) is 30.5 Å². The van der Waals surface area contributed by atoms with Gasteiger partial charge in [0.15, 0.2) is 0 Å². The fourth-order valence-corrected chi connectivity index (χ4v) is 3.34. The van der Waals surface area contributed by atoms with E-state index in [2.05, 4.69) is 10.3 Å². The molecule has 0 fully saturated rings. The SMILES string of the molecule is C[C@H](c1ccc2c(c1)CCC(=O)N2)n1c(=O)[nH]c2ccccc2c1=O. The van der Waals surface area contributed by atoms with E-state index in [-0.39, 0.29) is 11.5 Å². The number of carbonyl (C=O) groups excluding carboxylic acids is 1. The van der Waals surface area contributed by atoms with Gasteiger partial charge in [0.2, 0.25) is 5.91 Å². The van der Waals surface area contributed by atoms with Gasteiger partial charge in [-0.1, -0.05) is 24.3 Å². The van der Waals surface area contributed by atoms with Crippen LogP contribution in [0.2, 0.25) is 0 Å². The van der Waals surface area contributed by atoms with E-state index < -0.39 is 11.7 Å². The fourth-order valence-electron chi connectivity index (χ4n) is 3.34. The molecule has 2 aromatic carbocycles. The molecular weight excluding hydrogens is 318 g/mol. The average Bonchev–Trinajstić information content (AvgIpc) is 2.61. The third kappa shape index (κ3) is 2.55. The number of benzene rings is 2. The lowest BCUT2D eigenvalue weighted by Crippen LogP contribution is -2.37. The molecule has 3 aromatic rings. The lowest BCUT2D eigenvalue weighted by molar-refractivity contribution is -0.116. The summed E-state index contributed by atoms with van der Waals surface area (Å²) in [4.78, 5) is 39.5. The van der Waals surface area contributed by atoms with Gasteiger partial charge >= 0.3 is 5.69 Å². The van der Waals surface area contributed by atoms with Crippen molar-refractivity contribution in [2.75, 3.05) is 5.32 Å². The highest BCUT2D eigenvalue weighted by Crippen LogP contribution is 2.26. The van der Waals surface area contributed by atoms with Gasteiger partial charge in [0, 0.05) is 12.1 Å². The Kier molecular flexibility index (Phi) is 3.53. The van der Waals surface area contributed by atoms with E-state index >= 15 is 0 Å². The minimum Gasteiger partial charge on any atom is -0.326 e. The van der Waals surface area contributed by atoms with E-state index in [0.717, 1.165) is 16.8 Å². The summed E-state index contributed by atoms with van der Waals surface area (Å²) in [5.41, 5.74) is 2.48. The standard InChI is InChI=1S/C19H17N3O3/c1-11(12-6-8-15-13(10-12)7-9-17(23)20-15)22-18(24)14-4-2-3-5-16(14)21-19(22)25/h2-6,8,10-11H,7,9H2,1H3,(H,20,23)(H,21,25)/t11-/m1/s1. The predicted octanol–water partition coefficient (Wildman–Crippen LogP) is 2.18. The van der Waals surface area contributed by atoms with Gasteiger partial charge in [0.25, 0.3) is 5.56 Å². The molecule has 25 heavy (non-hydrogen) atoms. The summed E-state index contributed by atoms with van der Waals surface area (Å²) >= 11 is 0. The molecule has 0 aliphatic carbocycles. The van der Waals surface area contributed by atoms with Crippen LogP contribution < -0.4 is 16.6 Å². The van der Waals surface area contributed by atoms with Crippen molar-refractivity contribution < 1.29 is 4.79 Å². The summed E-state index contributed by atoms with van der Waals surface area (Å²) in [5.74, 6) is 0.00971. The molecule has 2 heterocycles. The monoisotopic (exact) mass is 335 g/mol. The first kappa shape index (κ1) is 15.4. The van der Waals surface area contributed by atoms with Gasteiger partial charge < -0.3 is 10.3 Å². The number of aryl methyl sites for hydroxylation is 1. The van der Waals surface area contributed by atoms with Gasteiger partial charge in [-0.15, -0.1) is 0 Å². The smallest absolute Gasteiger partial charge is 0.326 e. The van der Waals surface area contributed by atoms with Crippen LogP contribution in [-0.4, -0.2) is 15.5 Å². The Morgan fingerprint density at radius 1 is 1.04 bits per heavy atom. The Morgan fingerprint density at radius 2 is 1.84 bits per heavy atom. The first-order chi connectivity index (χ1) is 12.0. The summed E-state index contributed by atoms with van der Waals surface area (Å²) < 4.78 is 1.24. The summed E-state index contributed by atoms with van der Waals surface area (Å²) in [7, 11) is 0. The molecular formula is C19H17N3O3. The van der Waals surface area contributed by atoms with Crippen molar-refractivity contribution in [3.63, 3.8) is 0 Å². The Labute approximate surface area is 143 Å². The molecule has 126 valence electrons. The second-order valence-electron chi connectivity index (χ2n) is 6.29. The Balaban J connectivity index is 1.83. The highest BCUT2D eigenvalue weighted by Gasteiger charge is 2.19. The van der Waals surface area contributed by atoms with Crippen molar-refractivity contribution in [1.82, 2.24) is 9.55 Å². The molecule has 0 saturated carbocycles. The maximum Gasteiger partial charge on any atom is 0.329 e. The Bertz CT molecular complexity index is 1110. The summed E-state index contributed by atoms with van der Waals surface area (Å²) in [5, 5.41) is 3.32. The van der Waals surface area contributed by atoms with Gasteiger partial charge in [-0.25, -0.2) is 4.79 Å². The van der Waals surface area contributed by atoms with Crippen LogP contribution in [0.25, 0.3) is 10.9 Å². The Hall–Kier alpha value is -3.15. The number of aromatic amines is 1. The molecule has 0 spiro atoms. The predicted molar refractivity (Wildman–Crippen MR) is 96.0 cm³/mol. The van der Waals surface area contributed by atoms with Crippen LogP contribution in [-0.2, 0) is 11.2 Å². The topological polar surface area (TPSA) is 84.0 Å². The molecule has 1 aliphatic heterocycles. The van der Waals surface area contributed by atoms with Crippen LogP contribution in [0.5, 0.6) is 0 Å². The number of nitrogens with one attached hydrogen (secondary N) is 2. The Morgan fingerprint density at radius 3 is 2.68 bits per heavy atom. The number of hydrogen-bond donors (Lipinski definition) is 2. The van der Waals surface area contributed by atoms with Crippen LogP contribution in [0, 0.1) is 0 Å². The highest BCUT2D eigenvalue weighted by molar-refractivity contribution is 5.93. The number of fused-ring (bicyclic) bond motifs is 2. The number of para-hydroxylation sites is 1. The largest absolute Gasteiger partial charge is 0.329 e. The molecule has 1 aliphatic rings. The van der Waals surface area contributed by atoms with Crippen molar-refractivity contribution in [2.24, 2.45) is 0 Å². The molecule has 6 heteroatoms. The van der Waals surface area contributed by atoms with E-state index in [1.54, 1.807) is 24.3 Å². The number of anilines is 1. The average molecular weight is 335 g/mol. The maximum absolute atomic E-state index is 12.8. The number of amides is 1. The van der Waals surface area contributed by atoms with Crippen LogP contribution in [0.3, 0.4) is 0 Å². The normalized spacial score (nSPS) is 14.8. The van der Waals surface area contributed by atoms with Gasteiger partial charge in [-0.3, -0.25) is 14.2 Å². The number of H-pyrrole nitrogens is 1. The molecule has 1 aromatic heterocycles. The molecule has 0 radical (unpaired) electrons. The zero-order valence-electron chi connectivity index (χ0n) is 13.7. The lowest BCUT2D eigenvalue weighted by atomic mass is 9.97. The third-order valence-electron chi connectivity index (χ3n) is 4.73. The van der Waals surface area contributed by atoms with Gasteiger partial charge in [-0.2, -0.15) is 0 Å². The fraction of sp³-hybridized carbons (Fsp3) is 0.211. The van der Waals surface area contributed by atoms with E-state index in [0.29, 0.717) is 23.7 Å². The van der Waals surface area contributed by atoms with E-state index in [9.17, 15) is 14.4 Å². The number of hydrogen-bond acceptors (Lipinski definition) is 3. The van der Waals surface area contributed by atoms with Crippen LogP contribution in [0.4, 0.5) is 5.69 Å². The van der Waals surface area contributed by atoms with Crippen molar-refractivity contribution in [3.05, 3.63) is 74.4 Å². The zero-order chi connectivity index (χ0) is 17.6. The second-order valence-corrected chi connectivity index (χ2v) is 6.29. The van der Waals surface area contributed by atoms with Crippen LogP contribution in [0.15, 0.2) is 52.1 Å². The zero-order valence-corrected chi connectivity index (χ0v) is 13.7. The molecule has 1 amide bonds. The van der Waals surface area contributed by atoms with Crippen LogP contribution >= 0.6 is 0 Å². The molecule has 0 unspecified atom stereocenters. The van der Waals surface area contributed by atoms with Gasteiger partial charge in [0.1, 0.15) is 0 Å². The van der Waals surface area contributed by atoms with Crippen molar-refractivity contribution in [3.8, 4) is 0 Å². The summed E-state index contributed by atoms with van der Waals surface area (Å²) in [6.07, 6.45) is 1.10. The second kappa shape index (κ2) is 5.73.